The second kappa shape index (κ2) is 7.89. The fourth-order valence-corrected chi connectivity index (χ4v) is 3.02. The van der Waals surface area contributed by atoms with E-state index < -0.39 is 5.92 Å². The third-order valence-corrected chi connectivity index (χ3v) is 4.91. The van der Waals surface area contributed by atoms with Gasteiger partial charge in [-0.3, -0.25) is 9.59 Å². The summed E-state index contributed by atoms with van der Waals surface area (Å²) in [5.41, 5.74) is 5.11. The summed E-state index contributed by atoms with van der Waals surface area (Å²) in [4.78, 5) is 26.1. The summed E-state index contributed by atoms with van der Waals surface area (Å²) in [7, 11) is 0. The van der Waals surface area contributed by atoms with E-state index in [2.05, 4.69) is 10.5 Å². The van der Waals surface area contributed by atoms with Crippen LogP contribution >= 0.6 is 23.2 Å². The molecule has 1 fully saturated rings. The molecule has 2 aromatic carbocycles. The van der Waals surface area contributed by atoms with Crippen LogP contribution in [0.25, 0.3) is 0 Å². The van der Waals surface area contributed by atoms with Crippen molar-refractivity contribution in [2.45, 2.75) is 13.3 Å². The fraction of sp³-hybridized carbons (Fsp3) is 0.211. The highest BCUT2D eigenvalue weighted by Crippen LogP contribution is 2.25. The molecule has 0 radical (unpaired) electrons. The lowest BCUT2D eigenvalue weighted by molar-refractivity contribution is -0.126. The molecule has 1 atom stereocenters. The van der Waals surface area contributed by atoms with Crippen LogP contribution < -0.4 is 10.3 Å². The molecule has 2 amide bonds. The van der Waals surface area contributed by atoms with E-state index in [-0.39, 0.29) is 18.2 Å². The maximum Gasteiger partial charge on any atom is 0.245 e. The average molecular weight is 390 g/mol. The summed E-state index contributed by atoms with van der Waals surface area (Å²) in [6, 6.07) is 12.7. The summed E-state index contributed by atoms with van der Waals surface area (Å²) in [6.07, 6.45) is 1.65. The number of carbonyl (C=O) groups is 2. The highest BCUT2D eigenvalue weighted by atomic mass is 35.5. The minimum absolute atomic E-state index is 0.0672. The Morgan fingerprint density at radius 1 is 1.19 bits per heavy atom. The van der Waals surface area contributed by atoms with Crippen molar-refractivity contribution in [3.63, 3.8) is 0 Å². The lowest BCUT2D eigenvalue weighted by Crippen LogP contribution is -2.30. The second-order valence-corrected chi connectivity index (χ2v) is 6.96. The van der Waals surface area contributed by atoms with Gasteiger partial charge in [0, 0.05) is 18.7 Å². The van der Waals surface area contributed by atoms with Gasteiger partial charge in [0.25, 0.3) is 0 Å². The molecule has 1 saturated heterocycles. The van der Waals surface area contributed by atoms with Crippen LogP contribution in [0.2, 0.25) is 10.0 Å². The molecule has 7 heteroatoms. The van der Waals surface area contributed by atoms with Crippen LogP contribution in [-0.4, -0.2) is 24.6 Å². The average Bonchev–Trinajstić information content (AvgIpc) is 3.00. The first-order valence-electron chi connectivity index (χ1n) is 8.09. The van der Waals surface area contributed by atoms with Crippen molar-refractivity contribution in [3.8, 4) is 0 Å². The Hall–Kier alpha value is -2.37. The minimum atomic E-state index is -0.435. The largest absolute Gasteiger partial charge is 0.312 e. The summed E-state index contributed by atoms with van der Waals surface area (Å²) >= 11 is 11.8. The topological polar surface area (TPSA) is 61.8 Å². The van der Waals surface area contributed by atoms with E-state index in [9.17, 15) is 9.59 Å². The van der Waals surface area contributed by atoms with Crippen molar-refractivity contribution in [2.75, 3.05) is 11.4 Å². The van der Waals surface area contributed by atoms with Crippen molar-refractivity contribution >= 4 is 46.9 Å². The van der Waals surface area contributed by atoms with E-state index in [1.807, 2.05) is 31.2 Å². The third kappa shape index (κ3) is 4.23. The van der Waals surface area contributed by atoms with E-state index in [4.69, 9.17) is 23.2 Å². The summed E-state index contributed by atoms with van der Waals surface area (Å²) in [6.45, 7) is 2.33. The lowest BCUT2D eigenvalue weighted by Gasteiger charge is -2.16. The molecule has 0 aliphatic carbocycles. The van der Waals surface area contributed by atoms with E-state index >= 15 is 0 Å². The number of nitrogens with one attached hydrogen (secondary N) is 1. The number of amides is 2. The van der Waals surface area contributed by atoms with Gasteiger partial charge in [-0.1, -0.05) is 47.0 Å². The first-order chi connectivity index (χ1) is 12.4. The number of hydrogen-bond acceptors (Lipinski definition) is 3. The molecule has 3 rings (SSSR count). The Balaban J connectivity index is 1.60. The zero-order valence-electron chi connectivity index (χ0n) is 14.1. The van der Waals surface area contributed by atoms with Crippen molar-refractivity contribution in [1.82, 2.24) is 5.43 Å². The number of nitrogens with zero attached hydrogens (tertiary/aromatic N) is 2. The Labute approximate surface area is 161 Å². The number of hydrogen-bond donors (Lipinski definition) is 1. The molecule has 134 valence electrons. The molecule has 0 saturated carbocycles. The molecular weight excluding hydrogens is 373 g/mol. The second-order valence-electron chi connectivity index (χ2n) is 6.15. The van der Waals surface area contributed by atoms with Crippen molar-refractivity contribution < 1.29 is 9.59 Å². The number of carbonyl (C=O) groups excluding carboxylic acids is 2. The van der Waals surface area contributed by atoms with Gasteiger partial charge >= 0.3 is 0 Å². The standard InChI is InChI=1S/C19H17Cl2N3O2/c1-12-2-5-15(6-3-12)24-11-14(9-18(24)25)19(26)23-22-10-13-4-7-16(20)17(21)8-13/h2-8,10,14H,9,11H2,1H3,(H,23,26)/b22-10+/t14-/m1/s1. The highest BCUT2D eigenvalue weighted by molar-refractivity contribution is 6.42. The maximum atomic E-state index is 12.3. The van der Waals surface area contributed by atoms with E-state index in [0.717, 1.165) is 11.3 Å². The molecule has 1 heterocycles. The first-order valence-corrected chi connectivity index (χ1v) is 8.84. The van der Waals surface area contributed by atoms with Crippen LogP contribution in [0.1, 0.15) is 17.5 Å². The fourth-order valence-electron chi connectivity index (χ4n) is 2.71. The predicted octanol–water partition coefficient (Wildman–Crippen LogP) is 3.81. The monoisotopic (exact) mass is 389 g/mol. The van der Waals surface area contributed by atoms with Crippen LogP contribution in [-0.2, 0) is 9.59 Å². The van der Waals surface area contributed by atoms with Crippen LogP contribution in [0.3, 0.4) is 0 Å². The van der Waals surface area contributed by atoms with Gasteiger partial charge in [0.15, 0.2) is 0 Å². The van der Waals surface area contributed by atoms with Crippen LogP contribution in [0, 0.1) is 12.8 Å². The van der Waals surface area contributed by atoms with Gasteiger partial charge in [-0.15, -0.1) is 0 Å². The molecule has 0 bridgehead atoms. The third-order valence-electron chi connectivity index (χ3n) is 4.17. The molecule has 26 heavy (non-hydrogen) atoms. The molecular formula is C19H17Cl2N3O2. The molecule has 1 aliphatic heterocycles. The molecule has 5 nitrogen and oxygen atoms in total. The van der Waals surface area contributed by atoms with E-state index in [0.29, 0.717) is 22.2 Å². The van der Waals surface area contributed by atoms with Crippen LogP contribution in [0.4, 0.5) is 5.69 Å². The van der Waals surface area contributed by atoms with Crippen molar-refractivity contribution in [2.24, 2.45) is 11.0 Å². The zero-order valence-corrected chi connectivity index (χ0v) is 15.6. The van der Waals surface area contributed by atoms with Gasteiger partial charge in [-0.2, -0.15) is 5.10 Å². The normalized spacial score (nSPS) is 17.1. The summed E-state index contributed by atoms with van der Waals surface area (Å²) in [5.74, 6) is -0.790. The van der Waals surface area contributed by atoms with Gasteiger partial charge in [0.1, 0.15) is 0 Å². The predicted molar refractivity (Wildman–Crippen MR) is 104 cm³/mol. The van der Waals surface area contributed by atoms with E-state index in [1.54, 1.807) is 23.1 Å². The molecule has 2 aromatic rings. The number of rotatable bonds is 4. The zero-order chi connectivity index (χ0) is 18.7. The number of hydrazone groups is 1. The van der Waals surface area contributed by atoms with Gasteiger partial charge < -0.3 is 4.90 Å². The maximum absolute atomic E-state index is 12.3. The molecule has 1 aliphatic rings. The molecule has 0 unspecified atom stereocenters. The van der Waals surface area contributed by atoms with Crippen molar-refractivity contribution in [1.29, 1.82) is 0 Å². The van der Waals surface area contributed by atoms with Crippen LogP contribution in [0.15, 0.2) is 47.6 Å². The Bertz CT molecular complexity index is 866. The Morgan fingerprint density at radius 3 is 2.62 bits per heavy atom. The summed E-state index contributed by atoms with van der Waals surface area (Å²) in [5, 5.41) is 4.80. The number of benzene rings is 2. The quantitative estimate of drug-likeness (QED) is 0.638. The lowest BCUT2D eigenvalue weighted by atomic mass is 10.1. The van der Waals surface area contributed by atoms with Gasteiger partial charge in [0.2, 0.25) is 11.8 Å². The summed E-state index contributed by atoms with van der Waals surface area (Å²) < 4.78 is 0. The SMILES string of the molecule is Cc1ccc(N2C[C@H](C(=O)N/N=C/c3ccc(Cl)c(Cl)c3)CC2=O)cc1. The highest BCUT2D eigenvalue weighted by Gasteiger charge is 2.35. The Morgan fingerprint density at radius 2 is 1.92 bits per heavy atom. The molecule has 1 N–H and O–H groups in total. The number of aryl methyl sites for hydroxylation is 1. The number of anilines is 1. The molecule has 0 aromatic heterocycles. The van der Waals surface area contributed by atoms with Gasteiger partial charge in [-0.25, -0.2) is 5.43 Å². The van der Waals surface area contributed by atoms with Crippen LogP contribution in [0.5, 0.6) is 0 Å². The first kappa shape index (κ1) is 18.4. The minimum Gasteiger partial charge on any atom is -0.312 e. The smallest absolute Gasteiger partial charge is 0.245 e. The van der Waals surface area contributed by atoms with Gasteiger partial charge in [-0.05, 0) is 36.8 Å². The van der Waals surface area contributed by atoms with Gasteiger partial charge in [0.05, 0.1) is 22.2 Å². The Kier molecular flexibility index (Phi) is 5.59. The van der Waals surface area contributed by atoms with E-state index in [1.165, 1.54) is 6.21 Å². The van der Waals surface area contributed by atoms with Crippen molar-refractivity contribution in [3.05, 3.63) is 63.6 Å². The number of halogens is 2. The molecule has 0 spiro atoms.